The molecular weight excluding hydrogens is 411 g/mol. The topological polar surface area (TPSA) is 103 Å². The summed E-state index contributed by atoms with van der Waals surface area (Å²) in [6.45, 7) is 3.29. The minimum absolute atomic E-state index is 0.0475. The zero-order valence-corrected chi connectivity index (χ0v) is 17.4. The lowest BCUT2D eigenvalue weighted by atomic mass is 10.2. The Labute approximate surface area is 174 Å². The lowest BCUT2D eigenvalue weighted by Gasteiger charge is -2.35. The third-order valence-electron chi connectivity index (χ3n) is 5.21. The quantitative estimate of drug-likeness (QED) is 0.582. The summed E-state index contributed by atoms with van der Waals surface area (Å²) in [5, 5.41) is 2.43. The van der Waals surface area contributed by atoms with Gasteiger partial charge in [0, 0.05) is 51.7 Å². The van der Waals surface area contributed by atoms with Crippen LogP contribution in [0.5, 0.6) is 0 Å². The lowest BCUT2D eigenvalue weighted by molar-refractivity contribution is 0.0957. The zero-order valence-electron chi connectivity index (χ0n) is 16.6. The molecule has 2 N–H and O–H groups in total. The Bertz CT molecular complexity index is 1230. The molecule has 1 saturated heterocycles. The number of amides is 1. The van der Waals surface area contributed by atoms with E-state index in [9.17, 15) is 18.8 Å². The molecule has 4 rings (SSSR count). The van der Waals surface area contributed by atoms with Gasteiger partial charge in [-0.2, -0.15) is 4.39 Å². The number of nitrogens with one attached hydrogen (secondary N) is 2. The van der Waals surface area contributed by atoms with Gasteiger partial charge in [-0.3, -0.25) is 19.1 Å². The van der Waals surface area contributed by atoms with Crippen LogP contribution in [-0.4, -0.2) is 58.6 Å². The molecule has 0 atom stereocenters. The molecule has 0 radical (unpaired) electrons. The monoisotopic (exact) mass is 432 g/mol. The van der Waals surface area contributed by atoms with Gasteiger partial charge >= 0.3 is 5.69 Å². The molecule has 158 valence electrons. The number of H-pyrrole nitrogens is 1. The highest BCUT2D eigenvalue weighted by Crippen LogP contribution is 2.24. The van der Waals surface area contributed by atoms with Crippen LogP contribution in [0.1, 0.15) is 15.4 Å². The summed E-state index contributed by atoms with van der Waals surface area (Å²) in [6, 6.07) is 4.94. The fraction of sp³-hybridized carbons (Fsp3) is 0.368. The Balaban J connectivity index is 1.43. The fourth-order valence-corrected chi connectivity index (χ4v) is 4.63. The molecule has 11 heteroatoms. The minimum Gasteiger partial charge on any atom is -0.365 e. The smallest absolute Gasteiger partial charge is 0.328 e. The number of piperazine rings is 1. The molecule has 3 aromatic rings. The highest BCUT2D eigenvalue weighted by molar-refractivity contribution is 7.18. The van der Waals surface area contributed by atoms with E-state index in [1.807, 2.05) is 11.0 Å². The van der Waals surface area contributed by atoms with Gasteiger partial charge in [-0.15, -0.1) is 11.3 Å². The average Bonchev–Trinajstić information content (AvgIpc) is 3.14. The second-order valence-electron chi connectivity index (χ2n) is 7.10. The molecule has 1 fully saturated rings. The molecule has 30 heavy (non-hydrogen) atoms. The van der Waals surface area contributed by atoms with Gasteiger partial charge in [-0.25, -0.2) is 9.78 Å². The average molecular weight is 432 g/mol. The van der Waals surface area contributed by atoms with Crippen molar-refractivity contribution in [2.24, 2.45) is 7.05 Å². The number of rotatable bonds is 4. The highest BCUT2D eigenvalue weighted by Gasteiger charge is 2.22. The van der Waals surface area contributed by atoms with Crippen molar-refractivity contribution < 1.29 is 9.18 Å². The summed E-state index contributed by atoms with van der Waals surface area (Å²) < 4.78 is 16.0. The number of hydrogen-bond acceptors (Lipinski definition) is 7. The van der Waals surface area contributed by atoms with Crippen LogP contribution in [-0.2, 0) is 13.6 Å². The van der Waals surface area contributed by atoms with E-state index in [-0.39, 0.29) is 11.3 Å². The van der Waals surface area contributed by atoms with E-state index in [2.05, 4.69) is 20.2 Å². The first-order chi connectivity index (χ1) is 14.4. The van der Waals surface area contributed by atoms with Crippen molar-refractivity contribution in [3.63, 3.8) is 0 Å². The van der Waals surface area contributed by atoms with Crippen molar-refractivity contribution >= 4 is 33.1 Å². The number of nitrogens with zero attached hydrogens (tertiary/aromatic N) is 4. The zero-order chi connectivity index (χ0) is 21.4. The van der Waals surface area contributed by atoms with Crippen molar-refractivity contribution in [2.45, 2.75) is 6.54 Å². The summed E-state index contributed by atoms with van der Waals surface area (Å²) in [6.07, 6.45) is 0. The SMILES string of the molecule is CNC(=O)c1ccc(N2CCN(Cc3cc4[nH]c(=O)n(C)c(=O)c4s3)CC2)c(F)n1. The van der Waals surface area contributed by atoms with Crippen LogP contribution < -0.4 is 21.5 Å². The van der Waals surface area contributed by atoms with E-state index >= 15 is 0 Å². The summed E-state index contributed by atoms with van der Waals surface area (Å²) in [5.41, 5.74) is 0.268. The number of pyridine rings is 1. The lowest BCUT2D eigenvalue weighted by Crippen LogP contribution is -2.46. The van der Waals surface area contributed by atoms with E-state index in [1.54, 1.807) is 6.07 Å². The van der Waals surface area contributed by atoms with Gasteiger partial charge in [0.05, 0.1) is 11.2 Å². The first kappa shape index (κ1) is 20.2. The first-order valence-corrected chi connectivity index (χ1v) is 10.3. The molecule has 9 nitrogen and oxygen atoms in total. The van der Waals surface area contributed by atoms with Crippen molar-refractivity contribution in [1.29, 1.82) is 0 Å². The number of aromatic nitrogens is 3. The number of aromatic amines is 1. The van der Waals surface area contributed by atoms with Gasteiger partial charge < -0.3 is 15.2 Å². The molecule has 0 spiro atoms. The van der Waals surface area contributed by atoms with E-state index in [0.717, 1.165) is 9.44 Å². The molecule has 0 saturated carbocycles. The normalized spacial score (nSPS) is 15.0. The summed E-state index contributed by atoms with van der Waals surface area (Å²) in [4.78, 5) is 47.2. The van der Waals surface area contributed by atoms with Crippen LogP contribution in [0, 0.1) is 5.95 Å². The van der Waals surface area contributed by atoms with Crippen molar-refractivity contribution in [2.75, 3.05) is 38.1 Å². The standard InChI is InChI=1S/C19H21FN6O3S/c1-21-17(27)12-3-4-14(16(20)22-12)26-7-5-25(6-8-26)10-11-9-13-15(30-11)18(28)24(2)19(29)23-13/h3-4,9H,5-8,10H2,1-2H3,(H,21,27)(H,23,29). The van der Waals surface area contributed by atoms with Gasteiger partial charge in [0.25, 0.3) is 11.5 Å². The predicted molar refractivity (Wildman–Crippen MR) is 113 cm³/mol. The fourth-order valence-electron chi connectivity index (χ4n) is 3.50. The molecule has 0 bridgehead atoms. The van der Waals surface area contributed by atoms with Crippen LogP contribution in [0.25, 0.3) is 10.2 Å². The van der Waals surface area contributed by atoms with Crippen molar-refractivity contribution in [3.05, 3.63) is 55.6 Å². The number of thiophene rings is 1. The molecular formula is C19H21FN6O3S. The maximum absolute atomic E-state index is 14.4. The van der Waals surface area contributed by atoms with Crippen LogP contribution in [0.3, 0.4) is 0 Å². The Morgan fingerprint density at radius 3 is 2.67 bits per heavy atom. The molecule has 0 aromatic carbocycles. The Kier molecular flexibility index (Phi) is 5.39. The number of anilines is 1. The summed E-state index contributed by atoms with van der Waals surface area (Å²) >= 11 is 1.38. The molecule has 1 amide bonds. The number of halogens is 1. The van der Waals surface area contributed by atoms with Crippen molar-refractivity contribution in [3.8, 4) is 0 Å². The second kappa shape index (κ2) is 8.00. The first-order valence-electron chi connectivity index (χ1n) is 9.45. The van der Waals surface area contributed by atoms with Gasteiger partial charge in [0.15, 0.2) is 0 Å². The van der Waals surface area contributed by atoms with E-state index < -0.39 is 17.5 Å². The molecule has 0 unspecified atom stereocenters. The molecule has 4 heterocycles. The van der Waals surface area contributed by atoms with E-state index in [4.69, 9.17) is 0 Å². The van der Waals surface area contributed by atoms with Gasteiger partial charge in [0.2, 0.25) is 5.95 Å². The van der Waals surface area contributed by atoms with E-state index in [0.29, 0.717) is 48.6 Å². The largest absolute Gasteiger partial charge is 0.365 e. The third-order valence-corrected chi connectivity index (χ3v) is 6.32. The molecule has 1 aliphatic heterocycles. The number of carbonyl (C=O) groups is 1. The van der Waals surface area contributed by atoms with Gasteiger partial charge in [-0.05, 0) is 18.2 Å². The maximum atomic E-state index is 14.4. The Morgan fingerprint density at radius 1 is 1.27 bits per heavy atom. The molecule has 0 aliphatic carbocycles. The van der Waals surface area contributed by atoms with Gasteiger partial charge in [0.1, 0.15) is 10.4 Å². The van der Waals surface area contributed by atoms with Crippen LogP contribution >= 0.6 is 11.3 Å². The van der Waals surface area contributed by atoms with Crippen LogP contribution in [0.15, 0.2) is 27.8 Å². The predicted octanol–water partition coefficient (Wildman–Crippen LogP) is 0.504. The second-order valence-corrected chi connectivity index (χ2v) is 8.24. The van der Waals surface area contributed by atoms with Crippen LogP contribution in [0.2, 0.25) is 0 Å². The number of carbonyl (C=O) groups excluding carboxylic acids is 1. The van der Waals surface area contributed by atoms with Gasteiger partial charge in [-0.1, -0.05) is 0 Å². The van der Waals surface area contributed by atoms with Crippen molar-refractivity contribution in [1.82, 2.24) is 24.8 Å². The molecule has 3 aromatic heterocycles. The number of fused-ring (bicyclic) bond motifs is 1. The maximum Gasteiger partial charge on any atom is 0.328 e. The van der Waals surface area contributed by atoms with Crippen LogP contribution in [0.4, 0.5) is 10.1 Å². The highest BCUT2D eigenvalue weighted by atomic mass is 32.1. The molecule has 1 aliphatic rings. The Hall–Kier alpha value is -3.05. The van der Waals surface area contributed by atoms with E-state index in [1.165, 1.54) is 31.5 Å². The number of hydrogen-bond donors (Lipinski definition) is 2. The minimum atomic E-state index is -0.658. The Morgan fingerprint density at radius 2 is 2.00 bits per heavy atom. The summed E-state index contributed by atoms with van der Waals surface area (Å²) in [5.74, 6) is -1.08. The third kappa shape index (κ3) is 3.73. The summed E-state index contributed by atoms with van der Waals surface area (Å²) in [7, 11) is 2.93.